The number of morpholine rings is 1. The molecule has 0 atom stereocenters. The van der Waals surface area contributed by atoms with Crippen LogP contribution in [-0.4, -0.2) is 37.2 Å². The van der Waals surface area contributed by atoms with Gasteiger partial charge in [0.25, 0.3) is 0 Å². The first-order chi connectivity index (χ1) is 12.3. The summed E-state index contributed by atoms with van der Waals surface area (Å²) in [7, 11) is 0. The van der Waals surface area contributed by atoms with Crippen LogP contribution in [0, 0.1) is 0 Å². The molecule has 128 valence electrons. The SMILES string of the molecule is O=C(Cc1c[nH]c2ccccc12)Nc1cccc(N2CCOCC2)c1. The summed E-state index contributed by atoms with van der Waals surface area (Å²) in [6.45, 7) is 3.26. The van der Waals surface area contributed by atoms with Crippen LogP contribution >= 0.6 is 0 Å². The van der Waals surface area contributed by atoms with Crippen LogP contribution < -0.4 is 10.2 Å². The molecule has 1 aliphatic rings. The minimum absolute atomic E-state index is 0.0103. The summed E-state index contributed by atoms with van der Waals surface area (Å²) in [4.78, 5) is 17.9. The van der Waals surface area contributed by atoms with Gasteiger partial charge in [-0.25, -0.2) is 0 Å². The third-order valence-electron chi connectivity index (χ3n) is 4.53. The first-order valence-corrected chi connectivity index (χ1v) is 8.57. The van der Waals surface area contributed by atoms with Gasteiger partial charge < -0.3 is 19.9 Å². The Morgan fingerprint density at radius 2 is 1.96 bits per heavy atom. The Bertz CT molecular complexity index is 881. The van der Waals surface area contributed by atoms with E-state index in [2.05, 4.69) is 21.3 Å². The van der Waals surface area contributed by atoms with Crippen molar-refractivity contribution < 1.29 is 9.53 Å². The number of para-hydroxylation sites is 1. The topological polar surface area (TPSA) is 57.4 Å². The van der Waals surface area contributed by atoms with Crippen molar-refractivity contribution in [2.45, 2.75) is 6.42 Å². The zero-order valence-electron chi connectivity index (χ0n) is 14.0. The van der Waals surface area contributed by atoms with Crippen molar-refractivity contribution >= 4 is 28.2 Å². The number of benzene rings is 2. The molecule has 1 aromatic heterocycles. The van der Waals surface area contributed by atoms with Gasteiger partial charge in [-0.15, -0.1) is 0 Å². The highest BCUT2D eigenvalue weighted by atomic mass is 16.5. The van der Waals surface area contributed by atoms with Crippen LogP contribution in [0.2, 0.25) is 0 Å². The lowest BCUT2D eigenvalue weighted by Gasteiger charge is -2.29. The third kappa shape index (κ3) is 3.51. The van der Waals surface area contributed by atoms with E-state index in [9.17, 15) is 4.79 Å². The standard InChI is InChI=1S/C20H21N3O2/c24-20(12-15-14-21-19-7-2-1-6-18(15)19)22-16-4-3-5-17(13-16)23-8-10-25-11-9-23/h1-7,13-14,21H,8-12H2,(H,22,24). The van der Waals surface area contributed by atoms with Gasteiger partial charge in [-0.2, -0.15) is 0 Å². The fourth-order valence-corrected chi connectivity index (χ4v) is 3.26. The van der Waals surface area contributed by atoms with E-state index in [-0.39, 0.29) is 5.91 Å². The average molecular weight is 335 g/mol. The molecule has 0 saturated carbocycles. The van der Waals surface area contributed by atoms with Gasteiger partial charge in [0.1, 0.15) is 0 Å². The van der Waals surface area contributed by atoms with Crippen LogP contribution in [0.25, 0.3) is 10.9 Å². The number of nitrogens with zero attached hydrogens (tertiary/aromatic N) is 1. The Morgan fingerprint density at radius 3 is 2.84 bits per heavy atom. The highest BCUT2D eigenvalue weighted by Crippen LogP contribution is 2.22. The highest BCUT2D eigenvalue weighted by Gasteiger charge is 2.13. The summed E-state index contributed by atoms with van der Waals surface area (Å²) in [5.41, 5.74) is 4.01. The second-order valence-electron chi connectivity index (χ2n) is 6.23. The van der Waals surface area contributed by atoms with Gasteiger partial charge in [0.2, 0.25) is 5.91 Å². The van der Waals surface area contributed by atoms with Crippen LogP contribution in [0.5, 0.6) is 0 Å². The van der Waals surface area contributed by atoms with E-state index in [4.69, 9.17) is 4.74 Å². The van der Waals surface area contributed by atoms with Crippen molar-refractivity contribution in [2.24, 2.45) is 0 Å². The average Bonchev–Trinajstić information content (AvgIpc) is 3.06. The Hall–Kier alpha value is -2.79. The molecule has 0 unspecified atom stereocenters. The number of hydrogen-bond donors (Lipinski definition) is 2. The van der Waals surface area contributed by atoms with Crippen molar-refractivity contribution in [1.82, 2.24) is 4.98 Å². The number of H-pyrrole nitrogens is 1. The Kier molecular flexibility index (Phi) is 4.39. The molecule has 0 bridgehead atoms. The smallest absolute Gasteiger partial charge is 0.228 e. The third-order valence-corrected chi connectivity index (χ3v) is 4.53. The maximum absolute atomic E-state index is 12.5. The summed E-state index contributed by atoms with van der Waals surface area (Å²) in [6.07, 6.45) is 2.26. The number of carbonyl (C=O) groups is 1. The number of aromatic amines is 1. The van der Waals surface area contributed by atoms with Crippen LogP contribution in [0.3, 0.4) is 0 Å². The maximum atomic E-state index is 12.5. The first kappa shape index (κ1) is 15.7. The molecular weight excluding hydrogens is 314 g/mol. The fraction of sp³-hybridized carbons (Fsp3) is 0.250. The number of fused-ring (bicyclic) bond motifs is 1. The van der Waals surface area contributed by atoms with Crippen molar-refractivity contribution in [3.63, 3.8) is 0 Å². The van der Waals surface area contributed by atoms with E-state index < -0.39 is 0 Å². The lowest BCUT2D eigenvalue weighted by molar-refractivity contribution is -0.115. The van der Waals surface area contributed by atoms with Gasteiger partial charge in [-0.1, -0.05) is 24.3 Å². The molecule has 3 aromatic rings. The molecule has 0 aliphatic carbocycles. The molecule has 1 aliphatic heterocycles. The molecule has 2 N–H and O–H groups in total. The molecule has 4 rings (SSSR count). The summed E-state index contributed by atoms with van der Waals surface area (Å²) in [6, 6.07) is 16.0. The van der Waals surface area contributed by atoms with Crippen molar-refractivity contribution in [3.8, 4) is 0 Å². The Balaban J connectivity index is 1.45. The molecular formula is C20H21N3O2. The Morgan fingerprint density at radius 1 is 1.12 bits per heavy atom. The molecule has 1 fully saturated rings. The van der Waals surface area contributed by atoms with Crippen molar-refractivity contribution in [3.05, 3.63) is 60.3 Å². The monoisotopic (exact) mass is 335 g/mol. The van der Waals surface area contributed by atoms with Crippen molar-refractivity contribution in [2.75, 3.05) is 36.5 Å². The molecule has 1 amide bonds. The lowest BCUT2D eigenvalue weighted by atomic mass is 10.1. The number of nitrogens with one attached hydrogen (secondary N) is 2. The van der Waals surface area contributed by atoms with E-state index >= 15 is 0 Å². The largest absolute Gasteiger partial charge is 0.378 e. The predicted octanol–water partition coefficient (Wildman–Crippen LogP) is 3.19. The second-order valence-corrected chi connectivity index (χ2v) is 6.23. The molecule has 5 heteroatoms. The van der Waals surface area contributed by atoms with Crippen LogP contribution in [0.1, 0.15) is 5.56 Å². The van der Waals surface area contributed by atoms with Crippen molar-refractivity contribution in [1.29, 1.82) is 0 Å². The number of amides is 1. The number of hydrogen-bond acceptors (Lipinski definition) is 3. The maximum Gasteiger partial charge on any atom is 0.228 e. The van der Waals surface area contributed by atoms with Crippen LogP contribution in [0.15, 0.2) is 54.7 Å². The summed E-state index contributed by atoms with van der Waals surface area (Å²) in [5.74, 6) is -0.0103. The number of anilines is 2. The second kappa shape index (κ2) is 6.99. The minimum atomic E-state index is -0.0103. The number of rotatable bonds is 4. The highest BCUT2D eigenvalue weighted by molar-refractivity contribution is 5.96. The fourth-order valence-electron chi connectivity index (χ4n) is 3.26. The lowest BCUT2D eigenvalue weighted by Crippen LogP contribution is -2.36. The normalized spacial score (nSPS) is 14.6. The molecule has 25 heavy (non-hydrogen) atoms. The summed E-state index contributed by atoms with van der Waals surface area (Å²) >= 11 is 0. The van der Waals surface area contributed by atoms with E-state index in [0.29, 0.717) is 6.42 Å². The zero-order valence-corrected chi connectivity index (χ0v) is 14.0. The van der Waals surface area contributed by atoms with Crippen LogP contribution in [0.4, 0.5) is 11.4 Å². The summed E-state index contributed by atoms with van der Waals surface area (Å²) in [5, 5.41) is 4.11. The van der Waals surface area contributed by atoms with E-state index in [0.717, 1.165) is 54.1 Å². The molecule has 5 nitrogen and oxygen atoms in total. The van der Waals surface area contributed by atoms with E-state index in [1.165, 1.54) is 0 Å². The quantitative estimate of drug-likeness (QED) is 0.770. The van der Waals surface area contributed by atoms with Gasteiger partial charge in [-0.05, 0) is 29.8 Å². The Labute approximate surface area is 146 Å². The zero-order chi connectivity index (χ0) is 17.1. The van der Waals surface area contributed by atoms with Gasteiger partial charge in [0.05, 0.1) is 19.6 Å². The molecule has 0 radical (unpaired) electrons. The number of carbonyl (C=O) groups excluding carboxylic acids is 1. The van der Waals surface area contributed by atoms with E-state index in [1.807, 2.05) is 48.7 Å². The molecule has 1 saturated heterocycles. The first-order valence-electron chi connectivity index (χ1n) is 8.57. The van der Waals surface area contributed by atoms with Gasteiger partial charge in [0, 0.05) is 41.6 Å². The summed E-state index contributed by atoms with van der Waals surface area (Å²) < 4.78 is 5.40. The van der Waals surface area contributed by atoms with Gasteiger partial charge in [0.15, 0.2) is 0 Å². The molecule has 2 heterocycles. The van der Waals surface area contributed by atoms with Gasteiger partial charge >= 0.3 is 0 Å². The molecule has 2 aromatic carbocycles. The predicted molar refractivity (Wildman–Crippen MR) is 100 cm³/mol. The molecule has 0 spiro atoms. The van der Waals surface area contributed by atoms with E-state index in [1.54, 1.807) is 0 Å². The number of ether oxygens (including phenoxy) is 1. The minimum Gasteiger partial charge on any atom is -0.378 e. The van der Waals surface area contributed by atoms with Crippen LogP contribution in [-0.2, 0) is 16.0 Å². The number of aromatic nitrogens is 1. The van der Waals surface area contributed by atoms with Gasteiger partial charge in [-0.3, -0.25) is 4.79 Å².